The molecule has 0 saturated heterocycles. The van der Waals surface area contributed by atoms with Gasteiger partial charge in [-0.15, -0.1) is 0 Å². The normalized spacial score (nSPS) is 12.6. The molecule has 5 rings (SSSR count). The van der Waals surface area contributed by atoms with Crippen LogP contribution in [0.5, 0.6) is 0 Å². The molecular weight excluding hydrogens is 466 g/mol. The minimum Gasteiger partial charge on any atom is -0.380 e. The van der Waals surface area contributed by atoms with Crippen LogP contribution in [0.15, 0.2) is 79.0 Å². The van der Waals surface area contributed by atoms with Gasteiger partial charge in [0.2, 0.25) is 0 Å². The molecule has 0 unspecified atom stereocenters. The van der Waals surface area contributed by atoms with Crippen LogP contribution in [0.3, 0.4) is 0 Å². The molecule has 1 aromatic heterocycles. The highest BCUT2D eigenvalue weighted by Gasteiger charge is 2.32. The molecule has 2 amide bonds. The van der Waals surface area contributed by atoms with Crippen LogP contribution in [0.1, 0.15) is 43.1 Å². The Balaban J connectivity index is 1.32. The van der Waals surface area contributed by atoms with Crippen molar-refractivity contribution in [2.24, 2.45) is 0 Å². The predicted octanol–water partition coefficient (Wildman–Crippen LogP) is 4.40. The van der Waals surface area contributed by atoms with E-state index < -0.39 is 5.91 Å². The van der Waals surface area contributed by atoms with Crippen LogP contribution in [0.4, 0.5) is 11.4 Å². The maximum absolute atomic E-state index is 13.5. The zero-order chi connectivity index (χ0) is 25.8. The molecule has 0 atom stereocenters. The zero-order valence-corrected chi connectivity index (χ0v) is 20.3. The first kappa shape index (κ1) is 24.0. The molecule has 4 aromatic rings. The maximum Gasteiger partial charge on any atom is 0.277 e. The summed E-state index contributed by atoms with van der Waals surface area (Å²) in [5.74, 6) is -0.725. The molecular formula is C29H25N5O3. The summed E-state index contributed by atoms with van der Waals surface area (Å²) >= 11 is 0. The lowest BCUT2D eigenvalue weighted by Gasteiger charge is -2.28. The lowest BCUT2D eigenvalue weighted by molar-refractivity contribution is 0.0947. The fourth-order valence-corrected chi connectivity index (χ4v) is 4.51. The van der Waals surface area contributed by atoms with Crippen molar-refractivity contribution in [3.8, 4) is 6.07 Å². The summed E-state index contributed by atoms with van der Waals surface area (Å²) in [7, 11) is 1.68. The van der Waals surface area contributed by atoms with Gasteiger partial charge in [0.05, 0.1) is 36.5 Å². The van der Waals surface area contributed by atoms with Crippen molar-refractivity contribution in [1.82, 2.24) is 9.78 Å². The second kappa shape index (κ2) is 10.5. The van der Waals surface area contributed by atoms with Crippen molar-refractivity contribution >= 4 is 23.2 Å². The summed E-state index contributed by atoms with van der Waals surface area (Å²) in [5.41, 5.74) is 5.58. The zero-order valence-electron chi connectivity index (χ0n) is 20.3. The molecule has 0 aliphatic carbocycles. The number of hydrogen-bond acceptors (Lipinski definition) is 5. The standard InChI is InChI=1S/C29H25N5O3/c1-37-19-23-6-2-4-21(15-23)14-20-8-10-25(11-9-20)33-12-13-34-27(29(33)36)26(18-31-34)28(35)32-24-7-3-5-22(16-24)17-30/h2-11,15-16,18H,12-14,19H2,1H3,(H,32,35). The van der Waals surface area contributed by atoms with Crippen molar-refractivity contribution in [3.05, 3.63) is 113 Å². The van der Waals surface area contributed by atoms with Gasteiger partial charge in [-0.05, 0) is 53.4 Å². The minimum atomic E-state index is -0.447. The fraction of sp³-hybridized carbons (Fsp3) is 0.172. The molecule has 0 saturated carbocycles. The number of nitrogens with one attached hydrogen (secondary N) is 1. The molecule has 37 heavy (non-hydrogen) atoms. The van der Waals surface area contributed by atoms with E-state index in [2.05, 4.69) is 22.5 Å². The van der Waals surface area contributed by atoms with Gasteiger partial charge in [0.1, 0.15) is 5.69 Å². The molecule has 0 bridgehead atoms. The van der Waals surface area contributed by atoms with E-state index >= 15 is 0 Å². The largest absolute Gasteiger partial charge is 0.380 e. The van der Waals surface area contributed by atoms with Gasteiger partial charge in [-0.3, -0.25) is 14.3 Å². The Bertz CT molecular complexity index is 1500. The number of anilines is 2. The van der Waals surface area contributed by atoms with E-state index in [4.69, 9.17) is 10.00 Å². The Hall–Kier alpha value is -4.74. The number of benzene rings is 3. The van der Waals surface area contributed by atoms with Gasteiger partial charge in [0.25, 0.3) is 11.8 Å². The number of fused-ring (bicyclic) bond motifs is 1. The van der Waals surface area contributed by atoms with Crippen molar-refractivity contribution in [2.75, 3.05) is 23.9 Å². The van der Waals surface area contributed by atoms with Crippen molar-refractivity contribution in [3.63, 3.8) is 0 Å². The Morgan fingerprint density at radius 1 is 1.03 bits per heavy atom. The Kier molecular flexibility index (Phi) is 6.79. The third-order valence-electron chi connectivity index (χ3n) is 6.28. The van der Waals surface area contributed by atoms with Crippen LogP contribution in [0.2, 0.25) is 0 Å². The minimum absolute atomic E-state index is 0.199. The molecule has 8 nitrogen and oxygen atoms in total. The number of ether oxygens (including phenoxy) is 1. The number of rotatable bonds is 7. The molecule has 1 aliphatic rings. The first-order valence-corrected chi connectivity index (χ1v) is 11.9. The maximum atomic E-state index is 13.5. The van der Waals surface area contributed by atoms with Gasteiger partial charge in [-0.25, -0.2) is 0 Å². The summed E-state index contributed by atoms with van der Waals surface area (Å²) in [6, 6.07) is 24.9. The molecule has 0 radical (unpaired) electrons. The Morgan fingerprint density at radius 2 is 1.81 bits per heavy atom. The van der Waals surface area contributed by atoms with E-state index in [1.165, 1.54) is 11.8 Å². The third-order valence-corrected chi connectivity index (χ3v) is 6.28. The molecule has 1 aliphatic heterocycles. The smallest absolute Gasteiger partial charge is 0.277 e. The van der Waals surface area contributed by atoms with Gasteiger partial charge in [-0.1, -0.05) is 42.5 Å². The average Bonchev–Trinajstić information content (AvgIpc) is 3.35. The van der Waals surface area contributed by atoms with Gasteiger partial charge in [-0.2, -0.15) is 10.4 Å². The van der Waals surface area contributed by atoms with Crippen LogP contribution in [0, 0.1) is 11.3 Å². The van der Waals surface area contributed by atoms with E-state index in [-0.39, 0.29) is 17.2 Å². The highest BCUT2D eigenvalue weighted by atomic mass is 16.5. The molecule has 0 spiro atoms. The summed E-state index contributed by atoms with van der Waals surface area (Å²) in [4.78, 5) is 28.1. The molecule has 1 N–H and O–H groups in total. The summed E-state index contributed by atoms with van der Waals surface area (Å²) < 4.78 is 6.80. The highest BCUT2D eigenvalue weighted by Crippen LogP contribution is 2.25. The second-order valence-electron chi connectivity index (χ2n) is 8.83. The van der Waals surface area contributed by atoms with E-state index in [1.54, 1.807) is 41.0 Å². The van der Waals surface area contributed by atoms with Crippen LogP contribution in [-0.4, -0.2) is 35.2 Å². The van der Waals surface area contributed by atoms with Crippen LogP contribution >= 0.6 is 0 Å². The summed E-state index contributed by atoms with van der Waals surface area (Å²) in [6.45, 7) is 1.51. The Morgan fingerprint density at radius 3 is 2.59 bits per heavy atom. The van der Waals surface area contributed by atoms with Crippen molar-refractivity contribution < 1.29 is 14.3 Å². The quantitative estimate of drug-likeness (QED) is 0.413. The lowest BCUT2D eigenvalue weighted by atomic mass is 10.0. The van der Waals surface area contributed by atoms with Crippen LogP contribution in [0.25, 0.3) is 0 Å². The number of amides is 2. The number of carbonyl (C=O) groups excluding carboxylic acids is 2. The van der Waals surface area contributed by atoms with E-state index in [0.29, 0.717) is 30.9 Å². The lowest BCUT2D eigenvalue weighted by Crippen LogP contribution is -2.41. The topological polar surface area (TPSA) is 100 Å². The van der Waals surface area contributed by atoms with Crippen molar-refractivity contribution in [1.29, 1.82) is 5.26 Å². The van der Waals surface area contributed by atoms with E-state index in [9.17, 15) is 9.59 Å². The third kappa shape index (κ3) is 5.13. The van der Waals surface area contributed by atoms with Crippen molar-refractivity contribution in [2.45, 2.75) is 19.6 Å². The number of hydrogen-bond donors (Lipinski definition) is 1. The number of nitrogens with zero attached hydrogens (tertiary/aromatic N) is 4. The van der Waals surface area contributed by atoms with E-state index in [1.807, 2.05) is 42.5 Å². The van der Waals surface area contributed by atoms with E-state index in [0.717, 1.165) is 23.2 Å². The molecule has 8 heteroatoms. The van der Waals surface area contributed by atoms with Crippen LogP contribution < -0.4 is 10.2 Å². The van der Waals surface area contributed by atoms with Gasteiger partial charge in [0.15, 0.2) is 0 Å². The first-order chi connectivity index (χ1) is 18.1. The summed E-state index contributed by atoms with van der Waals surface area (Å²) in [6.07, 6.45) is 2.19. The van der Waals surface area contributed by atoms with Gasteiger partial charge < -0.3 is 15.0 Å². The molecule has 3 aromatic carbocycles. The molecule has 0 fully saturated rings. The fourth-order valence-electron chi connectivity index (χ4n) is 4.51. The first-order valence-electron chi connectivity index (χ1n) is 11.9. The van der Waals surface area contributed by atoms with Gasteiger partial charge in [0, 0.05) is 25.0 Å². The Labute approximate surface area is 214 Å². The number of carbonyl (C=O) groups is 2. The summed E-state index contributed by atoms with van der Waals surface area (Å²) in [5, 5.41) is 16.1. The number of nitriles is 1. The highest BCUT2D eigenvalue weighted by molar-refractivity contribution is 6.15. The molecule has 2 heterocycles. The number of aromatic nitrogens is 2. The average molecular weight is 492 g/mol. The SMILES string of the molecule is COCc1cccc(Cc2ccc(N3CCn4ncc(C(=O)Nc5cccc(C#N)c5)c4C3=O)cc2)c1. The van der Waals surface area contributed by atoms with Gasteiger partial charge >= 0.3 is 0 Å². The van der Waals surface area contributed by atoms with Crippen LogP contribution in [-0.2, 0) is 24.3 Å². The second-order valence-corrected chi connectivity index (χ2v) is 8.83. The molecule has 184 valence electrons. The predicted molar refractivity (Wildman–Crippen MR) is 139 cm³/mol. The number of methoxy groups -OCH3 is 1. The monoisotopic (exact) mass is 491 g/mol.